The van der Waals surface area contributed by atoms with Crippen molar-refractivity contribution in [2.45, 2.75) is 75.6 Å². The van der Waals surface area contributed by atoms with E-state index in [2.05, 4.69) is 39.9 Å². The van der Waals surface area contributed by atoms with Gasteiger partial charge >= 0.3 is 11.9 Å². The molecule has 1 unspecified atom stereocenters. The molecular weight excluding hydrogens is 655 g/mol. The maximum Gasteiger partial charge on any atom is 0.427 e. The number of benzene rings is 2. The minimum atomic E-state index is -1.90. The van der Waals surface area contributed by atoms with Gasteiger partial charge in [-0.2, -0.15) is 0 Å². The largest absolute Gasteiger partial charge is 0.490 e. The third-order valence-electron chi connectivity index (χ3n) is 10.8. The van der Waals surface area contributed by atoms with Gasteiger partial charge in [-0.3, -0.25) is 0 Å². The number of alkyl halides is 1. The normalized spacial score (nSPS) is 34.5. The molecule has 48 heavy (non-hydrogen) atoms. The number of hydrazine groups is 1. The molecule has 2 aromatic rings. The van der Waals surface area contributed by atoms with Crippen LogP contribution >= 0.6 is 11.6 Å². The zero-order valence-electron chi connectivity index (χ0n) is 27.5. The van der Waals surface area contributed by atoms with Crippen LogP contribution in [-0.4, -0.2) is 66.9 Å². The molecule has 2 heterocycles. The quantitative estimate of drug-likeness (QED) is 0.229. The Hall–Kier alpha value is -3.15. The van der Waals surface area contributed by atoms with E-state index in [0.29, 0.717) is 37.2 Å². The summed E-state index contributed by atoms with van der Waals surface area (Å²) in [6, 6.07) is 10.1. The highest BCUT2D eigenvalue weighted by Crippen LogP contribution is 2.47. The molecule has 12 heteroatoms. The molecule has 258 valence electrons. The molecule has 0 radical (unpaired) electrons. The minimum Gasteiger partial charge on any atom is -0.490 e. The van der Waals surface area contributed by atoms with Crippen molar-refractivity contribution in [2.75, 3.05) is 37.5 Å². The number of allylic oxidation sites excluding steroid dienone is 1. The molecule has 2 bridgehead atoms. The SMILES string of the molecule is CO[C@H]1/C=C/C[C@H](C)C/[S-](=O)=[N+](\NC(=O)NC2C[C@H]2F)C(=O)c2ccc3c(c2)N(C[C@@H]2CC[C@H]21)C[C@@]1(CCCc2cc(Cl)ccc21)CO3. The minimum absolute atomic E-state index is 0.0416. The standard InChI is InChI=1S/C36H44ClFN4O5S/c1-22-5-3-7-32(46-2)27-11-8-25(27)18-41-20-36(14-4-6-23-15-26(37)10-12-28(23)36)21-47-33-13-9-24(16-31(33)41)34(43)42(48(45)19-22)40-35(44)39-30-17-29(30)38/h3,7,9-10,12-13,15-16,22,25,27,29-30,32H,4-6,8,11,14,17-21H2,1-2H3,(H2,39,40,44)/b7-3+/t22-,25-,27+,29+,30?,32-,36-/m0/s1. The number of amides is 3. The Bertz CT molecular complexity index is 1710. The molecule has 0 aromatic heterocycles. The van der Waals surface area contributed by atoms with E-state index < -0.39 is 34.7 Å². The van der Waals surface area contributed by atoms with Crippen LogP contribution in [0.25, 0.3) is 0 Å². The number of ether oxygens (including phenoxy) is 2. The fourth-order valence-corrected chi connectivity index (χ4v) is 9.37. The van der Waals surface area contributed by atoms with Crippen LogP contribution in [0.15, 0.2) is 48.6 Å². The van der Waals surface area contributed by atoms with Crippen molar-refractivity contribution in [3.8, 4) is 5.75 Å². The van der Waals surface area contributed by atoms with Crippen LogP contribution < -0.4 is 20.4 Å². The first-order chi connectivity index (χ1) is 23.1. The van der Waals surface area contributed by atoms with Gasteiger partial charge in [0, 0.05) is 47.7 Å². The van der Waals surface area contributed by atoms with Gasteiger partial charge in [-0.15, -0.1) is 9.48 Å². The average molecular weight is 699 g/mol. The Morgan fingerprint density at radius 3 is 2.81 bits per heavy atom. The molecule has 9 nitrogen and oxygen atoms in total. The lowest BCUT2D eigenvalue weighted by Gasteiger charge is -2.46. The number of hydrogen-bond acceptors (Lipinski definition) is 7. The van der Waals surface area contributed by atoms with Gasteiger partial charge in [0.05, 0.1) is 30.0 Å². The van der Waals surface area contributed by atoms with E-state index in [1.54, 1.807) is 19.2 Å². The summed E-state index contributed by atoms with van der Waals surface area (Å²) in [4.78, 5) is 29.3. The molecule has 3 aliphatic carbocycles. The van der Waals surface area contributed by atoms with Crippen molar-refractivity contribution in [1.82, 2.24) is 10.7 Å². The number of carbonyl (C=O) groups is 2. The predicted octanol–water partition coefficient (Wildman–Crippen LogP) is 6.08. The van der Waals surface area contributed by atoms with Gasteiger partial charge in [-0.25, -0.2) is 14.0 Å². The van der Waals surface area contributed by atoms with Crippen LogP contribution in [0.2, 0.25) is 5.02 Å². The Kier molecular flexibility index (Phi) is 9.47. The highest BCUT2D eigenvalue weighted by molar-refractivity contribution is 7.72. The number of hydrogen-bond donors (Lipinski definition) is 2. The van der Waals surface area contributed by atoms with E-state index in [0.717, 1.165) is 53.4 Å². The summed E-state index contributed by atoms with van der Waals surface area (Å²) in [5.74, 6) is 0.885. The summed E-state index contributed by atoms with van der Waals surface area (Å²) in [7, 11) is -0.141. The molecule has 2 saturated carbocycles. The van der Waals surface area contributed by atoms with Crippen molar-refractivity contribution >= 4 is 39.8 Å². The zero-order valence-corrected chi connectivity index (χ0v) is 29.0. The topological polar surface area (TPSA) is 100.0 Å². The number of carbonyl (C=O) groups excluding carboxylic acids is 2. The van der Waals surface area contributed by atoms with Gasteiger partial charge in [0.15, 0.2) is 0 Å². The summed E-state index contributed by atoms with van der Waals surface area (Å²) >= 11 is 6.44. The maximum absolute atomic E-state index is 14.1. The molecule has 2 fully saturated rings. The number of anilines is 1. The van der Waals surface area contributed by atoms with Crippen molar-refractivity contribution in [3.05, 3.63) is 70.3 Å². The van der Waals surface area contributed by atoms with Crippen LogP contribution in [0.3, 0.4) is 0 Å². The fourth-order valence-electron chi connectivity index (χ4n) is 7.93. The van der Waals surface area contributed by atoms with E-state index in [4.69, 9.17) is 21.1 Å². The molecule has 0 saturated heterocycles. The molecule has 1 spiro atoms. The molecule has 5 aliphatic rings. The monoisotopic (exact) mass is 698 g/mol. The molecule has 2 aromatic carbocycles. The van der Waals surface area contributed by atoms with E-state index >= 15 is 0 Å². The number of nitrogens with zero attached hydrogens (tertiary/aromatic N) is 2. The van der Waals surface area contributed by atoms with Crippen LogP contribution in [-0.2, 0) is 31.4 Å². The number of methoxy groups -OCH3 is 1. The Morgan fingerprint density at radius 2 is 2.06 bits per heavy atom. The Labute approximate surface area is 288 Å². The highest BCUT2D eigenvalue weighted by atomic mass is 35.5. The summed E-state index contributed by atoms with van der Waals surface area (Å²) in [6.45, 7) is 3.91. The number of urea groups is 1. The van der Waals surface area contributed by atoms with Crippen molar-refractivity contribution < 1.29 is 31.7 Å². The average Bonchev–Trinajstić information content (AvgIpc) is 3.78. The van der Waals surface area contributed by atoms with Gasteiger partial charge < -0.3 is 23.9 Å². The van der Waals surface area contributed by atoms with Crippen molar-refractivity contribution in [2.24, 2.45) is 17.8 Å². The molecular formula is C36H44ClFN4O5S. The molecule has 2 N–H and O–H groups in total. The summed E-state index contributed by atoms with van der Waals surface area (Å²) in [6.07, 6.45) is 8.99. The third kappa shape index (κ3) is 6.70. The second-order valence-electron chi connectivity index (χ2n) is 14.3. The fraction of sp³-hybridized carbons (Fsp3) is 0.556. The van der Waals surface area contributed by atoms with Crippen LogP contribution in [0, 0.1) is 17.8 Å². The van der Waals surface area contributed by atoms with Crippen molar-refractivity contribution in [1.29, 1.82) is 0 Å². The van der Waals surface area contributed by atoms with Crippen LogP contribution in [0.5, 0.6) is 5.75 Å². The lowest BCUT2D eigenvalue weighted by atomic mass is 9.68. The second-order valence-corrected chi connectivity index (χ2v) is 16.1. The molecule has 7 rings (SSSR count). The van der Waals surface area contributed by atoms with Crippen LogP contribution in [0.1, 0.15) is 66.9 Å². The third-order valence-corrected chi connectivity index (χ3v) is 12.6. The van der Waals surface area contributed by atoms with Crippen molar-refractivity contribution in [3.63, 3.8) is 0 Å². The number of fused-ring (bicyclic) bond motifs is 4. The maximum atomic E-state index is 14.1. The van der Waals surface area contributed by atoms with E-state index in [-0.39, 0.29) is 35.2 Å². The smallest absolute Gasteiger partial charge is 0.427 e. The van der Waals surface area contributed by atoms with Gasteiger partial charge in [-0.1, -0.05) is 42.7 Å². The summed E-state index contributed by atoms with van der Waals surface area (Å²) in [5, 5.41) is 3.26. The summed E-state index contributed by atoms with van der Waals surface area (Å²) in [5.41, 5.74) is 5.79. The van der Waals surface area contributed by atoms with Gasteiger partial charge in [0.25, 0.3) is 0 Å². The number of rotatable bonds is 3. The predicted molar refractivity (Wildman–Crippen MR) is 183 cm³/mol. The Balaban J connectivity index is 1.30. The second kappa shape index (κ2) is 13.6. The molecule has 7 atom stereocenters. The molecule has 3 amide bonds. The first-order valence-electron chi connectivity index (χ1n) is 17.1. The first-order valence-corrected chi connectivity index (χ1v) is 18.7. The summed E-state index contributed by atoms with van der Waals surface area (Å²) < 4.78 is 40.8. The number of aryl methyl sites for hydroxylation is 1. The van der Waals surface area contributed by atoms with E-state index in [9.17, 15) is 18.2 Å². The highest BCUT2D eigenvalue weighted by Gasteiger charge is 2.45. The number of halogens is 2. The van der Waals surface area contributed by atoms with E-state index in [1.165, 1.54) is 11.1 Å². The van der Waals surface area contributed by atoms with Crippen LogP contribution in [0.4, 0.5) is 14.9 Å². The van der Waals surface area contributed by atoms with E-state index in [1.807, 2.05) is 19.1 Å². The zero-order chi connectivity index (χ0) is 33.6. The lowest BCUT2D eigenvalue weighted by molar-refractivity contribution is -0.452. The first kappa shape index (κ1) is 33.4. The molecule has 2 aliphatic heterocycles. The lowest BCUT2D eigenvalue weighted by Crippen LogP contribution is -2.49. The van der Waals surface area contributed by atoms with Gasteiger partial charge in [0.2, 0.25) is 0 Å². The van der Waals surface area contributed by atoms with Gasteiger partial charge in [-0.05, 0) is 97.6 Å². The number of nitrogens with one attached hydrogen (secondary N) is 2. The Morgan fingerprint density at radius 1 is 1.23 bits per heavy atom. The van der Waals surface area contributed by atoms with Gasteiger partial charge in [0.1, 0.15) is 11.9 Å².